The zero-order valence-electron chi connectivity index (χ0n) is 11.3. The van der Waals surface area contributed by atoms with E-state index in [1.807, 2.05) is 0 Å². The third-order valence-electron chi connectivity index (χ3n) is 3.20. The number of carbonyl (C=O) groups excluding carboxylic acids is 2. The second kappa shape index (κ2) is 4.71. The maximum atomic E-state index is 12.5. The number of aryl methyl sites for hydroxylation is 2. The van der Waals surface area contributed by atoms with E-state index in [4.69, 9.17) is 11.5 Å². The molecule has 2 aromatic heterocycles. The lowest BCUT2D eigenvalue weighted by atomic mass is 10.2. The van der Waals surface area contributed by atoms with Crippen LogP contribution >= 0.6 is 11.3 Å². The molecule has 2 aromatic rings. The summed E-state index contributed by atoms with van der Waals surface area (Å²) in [6.45, 7) is 4.77. The zero-order chi connectivity index (χ0) is 15.2. The Morgan fingerprint density at radius 1 is 1.30 bits per heavy atom. The van der Waals surface area contributed by atoms with Gasteiger partial charge in [0, 0.05) is 0 Å². The quantitative estimate of drug-likeness (QED) is 0.840. The Balaban J connectivity index is 2.88. The summed E-state index contributed by atoms with van der Waals surface area (Å²) in [6, 6.07) is -0.810. The average Bonchev–Trinajstić information content (AvgIpc) is 2.66. The number of primary amides is 2. The van der Waals surface area contributed by atoms with Crippen molar-refractivity contribution < 1.29 is 9.59 Å². The van der Waals surface area contributed by atoms with E-state index in [-0.39, 0.29) is 5.56 Å². The van der Waals surface area contributed by atoms with Crippen LogP contribution in [0.5, 0.6) is 0 Å². The first kappa shape index (κ1) is 14.2. The molecule has 2 amide bonds. The number of fused-ring (bicyclic) bond motifs is 1. The SMILES string of the molecule is Cc1c(C(N)=O)sc2nc(C)n(C(C)C(N)=O)c(=O)c12. The minimum absolute atomic E-state index is 0.300. The molecule has 0 aliphatic carbocycles. The van der Waals surface area contributed by atoms with E-state index >= 15 is 0 Å². The molecule has 0 aliphatic rings. The molecule has 1 unspecified atom stereocenters. The maximum absolute atomic E-state index is 12.5. The molecule has 8 heteroatoms. The van der Waals surface area contributed by atoms with Crippen LogP contribution in [0.2, 0.25) is 0 Å². The topological polar surface area (TPSA) is 121 Å². The largest absolute Gasteiger partial charge is 0.368 e. The highest BCUT2D eigenvalue weighted by molar-refractivity contribution is 7.20. The van der Waals surface area contributed by atoms with Gasteiger partial charge in [-0.2, -0.15) is 0 Å². The van der Waals surface area contributed by atoms with Gasteiger partial charge in [0.1, 0.15) is 16.7 Å². The predicted octanol–water partition coefficient (Wildman–Crippen LogP) is 0.220. The van der Waals surface area contributed by atoms with Crippen molar-refractivity contribution in [1.29, 1.82) is 0 Å². The summed E-state index contributed by atoms with van der Waals surface area (Å²) in [6.07, 6.45) is 0. The highest BCUT2D eigenvalue weighted by Crippen LogP contribution is 2.27. The predicted molar refractivity (Wildman–Crippen MR) is 75.8 cm³/mol. The number of carbonyl (C=O) groups is 2. The van der Waals surface area contributed by atoms with E-state index in [2.05, 4.69) is 4.98 Å². The normalized spacial score (nSPS) is 12.6. The number of hydrogen-bond donors (Lipinski definition) is 2. The summed E-state index contributed by atoms with van der Waals surface area (Å²) in [5.74, 6) is -0.859. The first-order valence-electron chi connectivity index (χ1n) is 5.87. The molecule has 106 valence electrons. The molecule has 0 aliphatic heterocycles. The Labute approximate surface area is 118 Å². The van der Waals surface area contributed by atoms with Crippen LogP contribution in [0, 0.1) is 13.8 Å². The summed E-state index contributed by atoms with van der Waals surface area (Å²) in [5, 5.41) is 0.308. The van der Waals surface area contributed by atoms with Crippen LogP contribution in [0.1, 0.15) is 34.0 Å². The van der Waals surface area contributed by atoms with Gasteiger partial charge in [0.15, 0.2) is 0 Å². The lowest BCUT2D eigenvalue weighted by Gasteiger charge is -2.14. The average molecular weight is 294 g/mol. The molecular weight excluding hydrogens is 280 g/mol. The molecule has 0 bridgehead atoms. The summed E-state index contributed by atoms with van der Waals surface area (Å²) < 4.78 is 1.23. The smallest absolute Gasteiger partial charge is 0.263 e. The maximum Gasteiger partial charge on any atom is 0.263 e. The minimum atomic E-state index is -0.810. The van der Waals surface area contributed by atoms with Crippen molar-refractivity contribution in [3.05, 3.63) is 26.6 Å². The minimum Gasteiger partial charge on any atom is -0.368 e. The molecule has 0 spiro atoms. The highest BCUT2D eigenvalue weighted by Gasteiger charge is 2.22. The monoisotopic (exact) mass is 294 g/mol. The van der Waals surface area contributed by atoms with Gasteiger partial charge in [0.05, 0.1) is 10.3 Å². The molecule has 4 N–H and O–H groups in total. The summed E-state index contributed by atoms with van der Waals surface area (Å²) in [7, 11) is 0. The van der Waals surface area contributed by atoms with Crippen molar-refractivity contribution in [2.45, 2.75) is 26.8 Å². The molecule has 0 aromatic carbocycles. The lowest BCUT2D eigenvalue weighted by molar-refractivity contribution is -0.120. The van der Waals surface area contributed by atoms with E-state index in [0.717, 1.165) is 11.3 Å². The molecule has 2 heterocycles. The number of nitrogens with zero attached hydrogens (tertiary/aromatic N) is 2. The lowest BCUT2D eigenvalue weighted by Crippen LogP contribution is -2.34. The Bertz CT molecular complexity index is 790. The van der Waals surface area contributed by atoms with Crippen LogP contribution < -0.4 is 17.0 Å². The number of aromatic nitrogens is 2. The molecule has 2 rings (SSSR count). The van der Waals surface area contributed by atoms with Gasteiger partial charge in [-0.25, -0.2) is 4.98 Å². The van der Waals surface area contributed by atoms with E-state index in [1.165, 1.54) is 11.5 Å². The molecule has 0 fully saturated rings. The number of rotatable bonds is 3. The van der Waals surface area contributed by atoms with Crippen molar-refractivity contribution >= 4 is 33.4 Å². The van der Waals surface area contributed by atoms with Gasteiger partial charge >= 0.3 is 0 Å². The summed E-state index contributed by atoms with van der Waals surface area (Å²) in [5.41, 5.74) is 10.6. The van der Waals surface area contributed by atoms with E-state index in [0.29, 0.717) is 26.5 Å². The van der Waals surface area contributed by atoms with Crippen LogP contribution in [-0.2, 0) is 4.79 Å². The van der Waals surface area contributed by atoms with Crippen molar-refractivity contribution in [2.24, 2.45) is 11.5 Å². The van der Waals surface area contributed by atoms with Crippen molar-refractivity contribution in [3.8, 4) is 0 Å². The molecule has 7 nitrogen and oxygen atoms in total. The van der Waals surface area contributed by atoms with Crippen LogP contribution in [-0.4, -0.2) is 21.4 Å². The standard InChI is InChI=1S/C12H14N4O3S/c1-4-7-11(20-8(4)10(14)18)15-6(3)16(12(7)19)5(2)9(13)17/h5H,1-3H3,(H2,13,17)(H2,14,18). The van der Waals surface area contributed by atoms with E-state index in [1.54, 1.807) is 13.8 Å². The molecule has 0 saturated heterocycles. The number of amides is 2. The fraction of sp³-hybridized carbons (Fsp3) is 0.333. The second-order valence-corrected chi connectivity index (χ2v) is 5.51. The Morgan fingerprint density at radius 3 is 2.40 bits per heavy atom. The fourth-order valence-corrected chi connectivity index (χ4v) is 3.18. The second-order valence-electron chi connectivity index (χ2n) is 4.51. The van der Waals surface area contributed by atoms with E-state index in [9.17, 15) is 14.4 Å². The summed E-state index contributed by atoms with van der Waals surface area (Å²) in [4.78, 5) is 40.2. The summed E-state index contributed by atoms with van der Waals surface area (Å²) >= 11 is 1.07. The van der Waals surface area contributed by atoms with E-state index < -0.39 is 17.9 Å². The van der Waals surface area contributed by atoms with Gasteiger partial charge in [-0.1, -0.05) is 0 Å². The number of thiophene rings is 1. The first-order chi connectivity index (χ1) is 9.25. The zero-order valence-corrected chi connectivity index (χ0v) is 12.1. The van der Waals surface area contributed by atoms with Gasteiger partial charge < -0.3 is 11.5 Å². The first-order valence-corrected chi connectivity index (χ1v) is 6.68. The molecule has 0 saturated carbocycles. The number of hydrogen-bond acceptors (Lipinski definition) is 5. The van der Waals surface area contributed by atoms with Gasteiger partial charge in [0.2, 0.25) is 5.91 Å². The van der Waals surface area contributed by atoms with Gasteiger partial charge in [-0.05, 0) is 26.3 Å². The van der Waals surface area contributed by atoms with Gasteiger partial charge in [0.25, 0.3) is 11.5 Å². The van der Waals surface area contributed by atoms with Gasteiger partial charge in [-0.3, -0.25) is 19.0 Å². The molecule has 1 atom stereocenters. The van der Waals surface area contributed by atoms with Crippen LogP contribution in [0.25, 0.3) is 10.2 Å². The molecule has 0 radical (unpaired) electrons. The number of nitrogens with two attached hydrogens (primary N) is 2. The van der Waals surface area contributed by atoms with Crippen LogP contribution in [0.4, 0.5) is 0 Å². The molecule has 20 heavy (non-hydrogen) atoms. The Hall–Kier alpha value is -2.22. The fourth-order valence-electron chi connectivity index (χ4n) is 2.12. The third-order valence-corrected chi connectivity index (χ3v) is 4.40. The highest BCUT2D eigenvalue weighted by atomic mass is 32.1. The van der Waals surface area contributed by atoms with Gasteiger partial charge in [-0.15, -0.1) is 11.3 Å². The third kappa shape index (κ3) is 1.97. The Morgan fingerprint density at radius 2 is 1.90 bits per heavy atom. The van der Waals surface area contributed by atoms with Crippen LogP contribution in [0.3, 0.4) is 0 Å². The van der Waals surface area contributed by atoms with Crippen LogP contribution in [0.15, 0.2) is 4.79 Å². The van der Waals surface area contributed by atoms with Crippen molar-refractivity contribution in [1.82, 2.24) is 9.55 Å². The van der Waals surface area contributed by atoms with Crippen molar-refractivity contribution in [2.75, 3.05) is 0 Å². The Kier molecular flexibility index (Phi) is 3.34. The molecular formula is C12H14N4O3S. The van der Waals surface area contributed by atoms with Crippen molar-refractivity contribution in [3.63, 3.8) is 0 Å².